The molecule has 0 unspecified atom stereocenters. The molecule has 0 bridgehead atoms. The highest BCUT2D eigenvalue weighted by molar-refractivity contribution is 6.04. The number of unbranched alkanes of at least 4 members (excludes halogenated alkanes) is 12. The molecule has 4 aliphatic rings. The smallest absolute Gasteiger partial charge is 0.306 e. The molecule has 0 aromatic carbocycles. The number of hydrogen-bond acceptors (Lipinski definition) is 8. The fraction of sp³-hybridized carbons (Fsp3) is 0.833. The Kier molecular flexibility index (Phi) is 11.3. The monoisotopic (exact) mass is 618 g/mol. The van der Waals surface area contributed by atoms with Gasteiger partial charge < -0.3 is 30.3 Å². The van der Waals surface area contributed by atoms with Gasteiger partial charge in [-0.2, -0.15) is 0 Å². The lowest BCUT2D eigenvalue weighted by atomic mass is 9.59. The lowest BCUT2D eigenvalue weighted by molar-refractivity contribution is -0.221. The van der Waals surface area contributed by atoms with Gasteiger partial charge in [0.05, 0.1) is 12.2 Å². The summed E-state index contributed by atoms with van der Waals surface area (Å²) in [6, 6.07) is 0. The topological polar surface area (TPSA) is 145 Å². The largest absolute Gasteiger partial charge is 0.459 e. The molecule has 0 saturated heterocycles. The van der Waals surface area contributed by atoms with Crippen LogP contribution in [0.3, 0.4) is 0 Å². The standard InChI is InChI=1S/C36H58O8/c1-24-20-28-34(41,31(24)40)22-26(23-38)21-27-30-33(3,4)36(30,43)32(25(2)35(27,28)42)44-29(39)18-16-14-12-10-8-6-5-7-9-11-13-15-17-19-37/h20-21,25,27-28,30,32,37-38,41-43H,5-19,22-23H2,1-4H3/t25-,27+,28-,30-,32-,34-,35-,36-/m1/s1. The van der Waals surface area contributed by atoms with Gasteiger partial charge in [0.25, 0.3) is 0 Å². The van der Waals surface area contributed by atoms with Gasteiger partial charge >= 0.3 is 5.97 Å². The fourth-order valence-corrected chi connectivity index (χ4v) is 9.13. The van der Waals surface area contributed by atoms with Crippen molar-refractivity contribution in [2.24, 2.45) is 29.1 Å². The number of rotatable bonds is 17. The molecule has 0 amide bonds. The second kappa shape index (κ2) is 14.0. The van der Waals surface area contributed by atoms with Gasteiger partial charge in [-0.3, -0.25) is 9.59 Å². The third-order valence-corrected chi connectivity index (χ3v) is 11.8. The molecule has 8 atom stereocenters. The highest BCUT2D eigenvalue weighted by Crippen LogP contribution is 2.75. The minimum atomic E-state index is -1.90. The van der Waals surface area contributed by atoms with E-state index in [1.165, 1.54) is 44.9 Å². The summed E-state index contributed by atoms with van der Waals surface area (Å²) in [4.78, 5) is 26.3. The second-order valence-electron chi connectivity index (χ2n) is 14.9. The molecule has 5 N–H and O–H groups in total. The van der Waals surface area contributed by atoms with E-state index in [1.54, 1.807) is 26.0 Å². The van der Waals surface area contributed by atoms with E-state index in [2.05, 4.69) is 0 Å². The summed E-state index contributed by atoms with van der Waals surface area (Å²) >= 11 is 0. The van der Waals surface area contributed by atoms with Crippen molar-refractivity contribution < 1.29 is 39.9 Å². The molecular weight excluding hydrogens is 560 g/mol. The van der Waals surface area contributed by atoms with Crippen molar-refractivity contribution in [2.75, 3.05) is 13.2 Å². The van der Waals surface area contributed by atoms with Gasteiger partial charge in [0.15, 0.2) is 5.78 Å². The molecule has 0 aromatic heterocycles. The molecule has 0 heterocycles. The lowest BCUT2D eigenvalue weighted by Crippen LogP contribution is -2.65. The van der Waals surface area contributed by atoms with Crippen LogP contribution in [-0.4, -0.2) is 73.4 Å². The van der Waals surface area contributed by atoms with Gasteiger partial charge in [-0.1, -0.05) is 104 Å². The summed E-state index contributed by atoms with van der Waals surface area (Å²) in [5, 5.41) is 55.2. The number of carbonyl (C=O) groups excluding carboxylic acids is 2. The van der Waals surface area contributed by atoms with Crippen molar-refractivity contribution in [1.29, 1.82) is 0 Å². The lowest BCUT2D eigenvalue weighted by Gasteiger charge is -2.52. The van der Waals surface area contributed by atoms with Crippen LogP contribution >= 0.6 is 0 Å². The number of Topliss-reactive ketones (excluding diaryl/α,β-unsaturated/α-hetero) is 1. The van der Waals surface area contributed by atoms with Crippen LogP contribution in [0.2, 0.25) is 0 Å². The molecule has 2 saturated carbocycles. The van der Waals surface area contributed by atoms with Crippen LogP contribution in [0.5, 0.6) is 0 Å². The fourth-order valence-electron chi connectivity index (χ4n) is 9.13. The Balaban J connectivity index is 1.31. The number of carbonyl (C=O) groups is 2. The number of fused-ring (bicyclic) bond motifs is 5. The van der Waals surface area contributed by atoms with Gasteiger partial charge in [0.1, 0.15) is 17.3 Å². The van der Waals surface area contributed by atoms with Crippen LogP contribution in [-0.2, 0) is 14.3 Å². The number of hydrogen-bond donors (Lipinski definition) is 5. The molecule has 4 rings (SSSR count). The van der Waals surface area contributed by atoms with Crippen molar-refractivity contribution in [2.45, 2.75) is 147 Å². The zero-order chi connectivity index (χ0) is 32.3. The van der Waals surface area contributed by atoms with Gasteiger partial charge in [-0.15, -0.1) is 0 Å². The van der Waals surface area contributed by atoms with E-state index in [9.17, 15) is 30.0 Å². The Morgan fingerprint density at radius 2 is 1.39 bits per heavy atom. The Morgan fingerprint density at radius 1 is 0.864 bits per heavy atom. The quantitative estimate of drug-likeness (QED) is 0.0877. The number of aliphatic hydroxyl groups excluding tert-OH is 2. The van der Waals surface area contributed by atoms with E-state index in [-0.39, 0.29) is 19.4 Å². The highest BCUT2D eigenvalue weighted by atomic mass is 16.6. The maximum Gasteiger partial charge on any atom is 0.306 e. The Bertz CT molecular complexity index is 1100. The van der Waals surface area contributed by atoms with Crippen molar-refractivity contribution in [3.05, 3.63) is 23.3 Å². The molecule has 0 aliphatic heterocycles. The second-order valence-corrected chi connectivity index (χ2v) is 14.9. The van der Waals surface area contributed by atoms with Gasteiger partial charge in [0, 0.05) is 48.5 Å². The van der Waals surface area contributed by atoms with E-state index in [4.69, 9.17) is 9.84 Å². The molecule has 8 heteroatoms. The predicted molar refractivity (Wildman–Crippen MR) is 168 cm³/mol. The molecule has 0 spiro atoms. The molecule has 44 heavy (non-hydrogen) atoms. The first-order valence-corrected chi connectivity index (χ1v) is 17.3. The Morgan fingerprint density at radius 3 is 1.91 bits per heavy atom. The van der Waals surface area contributed by atoms with E-state index in [0.29, 0.717) is 24.2 Å². The molecule has 8 nitrogen and oxygen atoms in total. The molecule has 250 valence electrons. The summed E-state index contributed by atoms with van der Waals surface area (Å²) in [6.45, 7) is 7.12. The first kappa shape index (κ1) is 35.3. The minimum Gasteiger partial charge on any atom is -0.459 e. The summed E-state index contributed by atoms with van der Waals surface area (Å²) in [5.74, 6) is -3.71. The predicted octanol–water partition coefficient (Wildman–Crippen LogP) is 4.93. The molecule has 0 radical (unpaired) electrons. The van der Waals surface area contributed by atoms with Crippen LogP contribution in [0, 0.1) is 29.1 Å². The number of ketones is 1. The first-order valence-electron chi connectivity index (χ1n) is 17.3. The average Bonchev–Trinajstić information content (AvgIpc) is 3.38. The maximum atomic E-state index is 13.2. The third-order valence-electron chi connectivity index (χ3n) is 11.8. The molecule has 4 aliphatic carbocycles. The zero-order valence-corrected chi connectivity index (χ0v) is 27.5. The van der Waals surface area contributed by atoms with Crippen molar-refractivity contribution in [3.63, 3.8) is 0 Å². The normalized spacial score (nSPS) is 36.9. The van der Waals surface area contributed by atoms with E-state index < -0.39 is 63.7 Å². The third kappa shape index (κ3) is 6.23. The molecule has 2 fully saturated rings. The van der Waals surface area contributed by atoms with E-state index in [0.717, 1.165) is 32.1 Å². The maximum absolute atomic E-state index is 13.2. The summed E-state index contributed by atoms with van der Waals surface area (Å²) in [7, 11) is 0. The summed E-state index contributed by atoms with van der Waals surface area (Å²) < 4.78 is 6.03. The van der Waals surface area contributed by atoms with Gasteiger partial charge in [0.2, 0.25) is 0 Å². The first-order chi connectivity index (χ1) is 20.8. The Labute approximate surface area is 264 Å². The summed E-state index contributed by atoms with van der Waals surface area (Å²) in [5.41, 5.74) is -4.81. The van der Waals surface area contributed by atoms with Gasteiger partial charge in [-0.25, -0.2) is 0 Å². The van der Waals surface area contributed by atoms with Crippen LogP contribution in [0.15, 0.2) is 23.3 Å². The SMILES string of the molecule is CC1=C[C@H]2[C@@]3(O)[C@H](C)[C@@H](OC(=O)CCCCCCCCCCCCCCCO)[C@]4(O)[C@H]([C@@H]3C=C(CO)C[C@]2(O)C1=O)C4(C)C. The number of esters is 1. The average molecular weight is 619 g/mol. The van der Waals surface area contributed by atoms with Crippen LogP contribution in [0.25, 0.3) is 0 Å². The van der Waals surface area contributed by atoms with Crippen LogP contribution < -0.4 is 0 Å². The molecular formula is C36H58O8. The van der Waals surface area contributed by atoms with Gasteiger partial charge in [-0.05, 0) is 30.9 Å². The highest BCUT2D eigenvalue weighted by Gasteiger charge is 2.85. The van der Waals surface area contributed by atoms with Crippen molar-refractivity contribution in [1.82, 2.24) is 0 Å². The minimum absolute atomic E-state index is 0.0888. The van der Waals surface area contributed by atoms with Crippen LogP contribution in [0.4, 0.5) is 0 Å². The molecule has 0 aromatic rings. The zero-order valence-electron chi connectivity index (χ0n) is 27.5. The number of ether oxygens (including phenoxy) is 1. The van der Waals surface area contributed by atoms with Crippen LogP contribution in [0.1, 0.15) is 124 Å². The van der Waals surface area contributed by atoms with E-state index in [1.807, 2.05) is 13.8 Å². The van der Waals surface area contributed by atoms with E-state index >= 15 is 0 Å². The van der Waals surface area contributed by atoms with Crippen molar-refractivity contribution in [3.8, 4) is 0 Å². The summed E-state index contributed by atoms with van der Waals surface area (Å²) in [6.07, 6.45) is 17.2. The van der Waals surface area contributed by atoms with Crippen molar-refractivity contribution >= 4 is 11.8 Å². The Hall–Kier alpha value is -1.58. The number of aliphatic hydroxyl groups is 5.